The van der Waals surface area contributed by atoms with Crippen LogP contribution in [0.4, 0.5) is 0 Å². The summed E-state index contributed by atoms with van der Waals surface area (Å²) in [5.41, 5.74) is 3.04. The minimum atomic E-state index is -1.01. The zero-order valence-corrected chi connectivity index (χ0v) is 15.0. The molecule has 0 aromatic carbocycles. The molecule has 0 aliphatic carbocycles. The van der Waals surface area contributed by atoms with Gasteiger partial charge in [0, 0.05) is 12.3 Å². The number of thiazole rings is 1. The monoisotopic (exact) mass is 359 g/mol. The lowest BCUT2D eigenvalue weighted by Gasteiger charge is -2.13. The number of carboxylic acid groups (broad SMARTS) is 1. The predicted octanol–water partition coefficient (Wildman–Crippen LogP) is 2.30. The molecule has 8 nitrogen and oxygen atoms in total. The van der Waals surface area contributed by atoms with Crippen molar-refractivity contribution < 1.29 is 14.7 Å². The van der Waals surface area contributed by atoms with Gasteiger partial charge in [-0.3, -0.25) is 4.79 Å². The number of amides is 1. The summed E-state index contributed by atoms with van der Waals surface area (Å²) in [4.78, 5) is 32.4. The van der Waals surface area contributed by atoms with E-state index in [2.05, 4.69) is 20.4 Å². The van der Waals surface area contributed by atoms with Crippen LogP contribution in [0.15, 0.2) is 12.3 Å². The molecule has 1 unspecified atom stereocenters. The molecular weight excluding hydrogens is 342 g/mol. The van der Waals surface area contributed by atoms with Gasteiger partial charge in [-0.25, -0.2) is 19.3 Å². The first-order valence-corrected chi connectivity index (χ1v) is 8.43. The number of fused-ring (bicyclic) bond motifs is 1. The Labute approximate surface area is 147 Å². The van der Waals surface area contributed by atoms with E-state index < -0.39 is 12.0 Å². The highest BCUT2D eigenvalue weighted by Crippen LogP contribution is 2.24. The fourth-order valence-corrected chi connectivity index (χ4v) is 3.43. The molecule has 130 valence electrons. The van der Waals surface area contributed by atoms with E-state index in [4.69, 9.17) is 5.11 Å². The summed E-state index contributed by atoms with van der Waals surface area (Å²) in [7, 11) is 0. The molecule has 0 aliphatic rings. The largest absolute Gasteiger partial charge is 0.477 e. The van der Waals surface area contributed by atoms with E-state index in [1.165, 1.54) is 6.20 Å². The summed E-state index contributed by atoms with van der Waals surface area (Å²) in [6.07, 6.45) is 1.52. The first-order chi connectivity index (χ1) is 11.8. The molecule has 3 aromatic rings. The van der Waals surface area contributed by atoms with Crippen LogP contribution in [-0.2, 0) is 0 Å². The minimum Gasteiger partial charge on any atom is -0.477 e. The molecule has 0 aliphatic heterocycles. The lowest BCUT2D eigenvalue weighted by atomic mass is 10.2. The van der Waals surface area contributed by atoms with Gasteiger partial charge in [0.05, 0.1) is 28.7 Å². The highest BCUT2D eigenvalue weighted by molar-refractivity contribution is 7.13. The molecule has 3 aromatic heterocycles. The predicted molar refractivity (Wildman–Crippen MR) is 92.2 cm³/mol. The van der Waals surface area contributed by atoms with Crippen molar-refractivity contribution >= 4 is 28.9 Å². The number of carbonyl (C=O) groups excluding carboxylic acids is 1. The van der Waals surface area contributed by atoms with Crippen molar-refractivity contribution in [2.24, 2.45) is 0 Å². The van der Waals surface area contributed by atoms with Crippen LogP contribution in [0.1, 0.15) is 55.1 Å². The number of hydrogen-bond donors (Lipinski definition) is 2. The smallest absolute Gasteiger partial charge is 0.347 e. The normalized spacial score (nSPS) is 12.3. The molecule has 3 heterocycles. The lowest BCUT2D eigenvalue weighted by molar-refractivity contribution is 0.0701. The summed E-state index contributed by atoms with van der Waals surface area (Å²) >= 11 is 1.06. The first-order valence-electron chi connectivity index (χ1n) is 7.61. The number of hydrogen-bond acceptors (Lipinski definition) is 6. The van der Waals surface area contributed by atoms with E-state index in [-0.39, 0.29) is 10.8 Å². The quantitative estimate of drug-likeness (QED) is 0.740. The van der Waals surface area contributed by atoms with Crippen LogP contribution in [-0.4, -0.2) is 36.6 Å². The maximum absolute atomic E-state index is 12.6. The van der Waals surface area contributed by atoms with Gasteiger partial charge in [0.15, 0.2) is 5.65 Å². The Morgan fingerprint density at radius 2 is 2.04 bits per heavy atom. The van der Waals surface area contributed by atoms with Crippen molar-refractivity contribution in [2.75, 3.05) is 0 Å². The van der Waals surface area contributed by atoms with Crippen LogP contribution in [0.5, 0.6) is 0 Å². The third-order valence-corrected chi connectivity index (χ3v) is 5.14. The molecule has 25 heavy (non-hydrogen) atoms. The molecular formula is C16H17N5O3S. The maximum Gasteiger partial charge on any atom is 0.347 e. The van der Waals surface area contributed by atoms with E-state index in [1.54, 1.807) is 25.3 Å². The van der Waals surface area contributed by atoms with Crippen molar-refractivity contribution in [3.8, 4) is 0 Å². The van der Waals surface area contributed by atoms with Crippen molar-refractivity contribution in [2.45, 2.75) is 33.7 Å². The second-order valence-electron chi connectivity index (χ2n) is 5.78. The second kappa shape index (κ2) is 6.25. The molecule has 0 fully saturated rings. The number of nitrogens with zero attached hydrogens (tertiary/aromatic N) is 4. The van der Waals surface area contributed by atoms with Crippen LogP contribution >= 0.6 is 11.3 Å². The molecule has 0 saturated heterocycles. The number of aromatic nitrogens is 4. The SMILES string of the molecule is Cc1cc2ncc(C(=O)NC(C)c3nc(C)c(C(=O)O)s3)c(C)n2n1. The number of aryl methyl sites for hydroxylation is 3. The Kier molecular flexibility index (Phi) is 4.25. The van der Waals surface area contributed by atoms with Gasteiger partial charge in [-0.1, -0.05) is 0 Å². The first kappa shape index (κ1) is 17.0. The van der Waals surface area contributed by atoms with E-state index >= 15 is 0 Å². The Morgan fingerprint density at radius 3 is 2.68 bits per heavy atom. The number of nitrogens with one attached hydrogen (secondary N) is 1. The molecule has 9 heteroatoms. The van der Waals surface area contributed by atoms with E-state index in [0.717, 1.165) is 17.0 Å². The minimum absolute atomic E-state index is 0.183. The van der Waals surface area contributed by atoms with Gasteiger partial charge in [-0.2, -0.15) is 5.10 Å². The molecule has 1 atom stereocenters. The van der Waals surface area contributed by atoms with Gasteiger partial charge >= 0.3 is 5.97 Å². The maximum atomic E-state index is 12.6. The lowest BCUT2D eigenvalue weighted by Crippen LogP contribution is -2.28. The molecule has 0 spiro atoms. The van der Waals surface area contributed by atoms with Crippen LogP contribution < -0.4 is 5.32 Å². The van der Waals surface area contributed by atoms with Crippen LogP contribution in [0.3, 0.4) is 0 Å². The summed E-state index contributed by atoms with van der Waals surface area (Å²) in [5, 5.41) is 16.8. The zero-order valence-electron chi connectivity index (χ0n) is 14.2. The summed E-state index contributed by atoms with van der Waals surface area (Å²) in [5.74, 6) is -1.32. The highest BCUT2D eigenvalue weighted by atomic mass is 32.1. The standard InChI is InChI=1S/C16H17N5O3S/c1-7-5-12-17-6-11(10(4)21(12)20-7)14(22)18-9(3)15-19-8(2)13(25-15)16(23)24/h5-6,9H,1-4H3,(H,18,22)(H,23,24). The Bertz CT molecular complexity index is 991. The van der Waals surface area contributed by atoms with Gasteiger partial charge < -0.3 is 10.4 Å². The van der Waals surface area contributed by atoms with E-state index in [1.807, 2.05) is 13.0 Å². The van der Waals surface area contributed by atoms with Crippen molar-refractivity contribution in [3.63, 3.8) is 0 Å². The average molecular weight is 359 g/mol. The summed E-state index contributed by atoms with van der Waals surface area (Å²) in [6, 6.07) is 1.42. The zero-order chi connectivity index (χ0) is 18.3. The summed E-state index contributed by atoms with van der Waals surface area (Å²) < 4.78 is 1.63. The van der Waals surface area contributed by atoms with Gasteiger partial charge in [0.1, 0.15) is 9.88 Å². The van der Waals surface area contributed by atoms with Gasteiger partial charge in [0.25, 0.3) is 5.91 Å². The van der Waals surface area contributed by atoms with Crippen LogP contribution in [0, 0.1) is 20.8 Å². The van der Waals surface area contributed by atoms with Crippen LogP contribution in [0.2, 0.25) is 0 Å². The van der Waals surface area contributed by atoms with Crippen molar-refractivity contribution in [1.29, 1.82) is 0 Å². The van der Waals surface area contributed by atoms with Crippen LogP contribution in [0.25, 0.3) is 5.65 Å². The fourth-order valence-electron chi connectivity index (χ4n) is 2.52. The molecule has 0 saturated carbocycles. The highest BCUT2D eigenvalue weighted by Gasteiger charge is 2.21. The van der Waals surface area contributed by atoms with Gasteiger partial charge in [0.2, 0.25) is 0 Å². The molecule has 0 bridgehead atoms. The second-order valence-corrected chi connectivity index (χ2v) is 6.81. The van der Waals surface area contributed by atoms with E-state index in [0.29, 0.717) is 27.6 Å². The summed E-state index contributed by atoms with van der Waals surface area (Å²) in [6.45, 7) is 7.07. The molecule has 1 amide bonds. The Hall–Kier alpha value is -2.81. The molecule has 2 N–H and O–H groups in total. The number of rotatable bonds is 4. The van der Waals surface area contributed by atoms with Crippen molar-refractivity contribution in [3.05, 3.63) is 44.8 Å². The number of carboxylic acids is 1. The Balaban J connectivity index is 1.85. The van der Waals surface area contributed by atoms with Crippen molar-refractivity contribution in [1.82, 2.24) is 24.9 Å². The number of aromatic carboxylic acids is 1. The van der Waals surface area contributed by atoms with E-state index in [9.17, 15) is 9.59 Å². The van der Waals surface area contributed by atoms with Gasteiger partial charge in [-0.15, -0.1) is 11.3 Å². The Morgan fingerprint density at radius 1 is 1.32 bits per heavy atom. The molecule has 0 radical (unpaired) electrons. The topological polar surface area (TPSA) is 109 Å². The van der Waals surface area contributed by atoms with Gasteiger partial charge in [-0.05, 0) is 27.7 Å². The third-order valence-electron chi connectivity index (χ3n) is 3.82. The number of carbonyl (C=O) groups is 2. The fraction of sp³-hybridized carbons (Fsp3) is 0.312. The average Bonchev–Trinajstić information content (AvgIpc) is 3.10. The molecule has 3 rings (SSSR count). The third kappa shape index (κ3) is 3.10.